The van der Waals surface area contributed by atoms with Crippen LogP contribution >= 0.6 is 0 Å². The first-order valence-corrected chi connectivity index (χ1v) is 6.53. The number of aryl methyl sites for hydroxylation is 2. The zero-order chi connectivity index (χ0) is 15.2. The number of methoxy groups -OCH3 is 1. The summed E-state index contributed by atoms with van der Waals surface area (Å²) in [6.07, 6.45) is 6.24. The van der Waals surface area contributed by atoms with Crippen LogP contribution in [0.2, 0.25) is 0 Å². The van der Waals surface area contributed by atoms with Crippen molar-refractivity contribution in [3.63, 3.8) is 0 Å². The summed E-state index contributed by atoms with van der Waals surface area (Å²) < 4.78 is 11.1. The third-order valence-corrected chi connectivity index (χ3v) is 3.07. The van der Waals surface area contributed by atoms with E-state index in [-0.39, 0.29) is 17.2 Å². The van der Waals surface area contributed by atoms with Crippen molar-refractivity contribution in [2.45, 2.75) is 12.8 Å². The number of amides is 1. The van der Waals surface area contributed by atoms with Crippen molar-refractivity contribution in [3.8, 4) is 5.75 Å². The Morgan fingerprint density at radius 2 is 2.33 bits per heavy atom. The fraction of sp³-hybridized carbons (Fsp3) is 0.357. The normalized spacial score (nSPS) is 10.4. The minimum absolute atomic E-state index is 0.226. The molecule has 21 heavy (non-hydrogen) atoms. The second kappa shape index (κ2) is 6.74. The van der Waals surface area contributed by atoms with Gasteiger partial charge in [0.15, 0.2) is 0 Å². The van der Waals surface area contributed by atoms with Crippen molar-refractivity contribution in [1.82, 2.24) is 15.0 Å². The molecule has 0 aromatic carbocycles. The van der Waals surface area contributed by atoms with Crippen molar-refractivity contribution in [3.05, 3.63) is 46.2 Å². The Bertz CT molecular complexity index is 661. The molecule has 2 rings (SSSR count). The Labute approximate surface area is 121 Å². The molecule has 0 aliphatic carbocycles. The van der Waals surface area contributed by atoms with Crippen molar-refractivity contribution >= 4 is 5.91 Å². The van der Waals surface area contributed by atoms with E-state index in [0.717, 1.165) is 18.4 Å². The average molecular weight is 291 g/mol. The quantitative estimate of drug-likeness (QED) is 0.793. The van der Waals surface area contributed by atoms with Gasteiger partial charge in [0, 0.05) is 31.4 Å². The molecule has 1 amide bonds. The smallest absolute Gasteiger partial charge is 0.256 e. The predicted molar refractivity (Wildman–Crippen MR) is 75.4 cm³/mol. The van der Waals surface area contributed by atoms with Gasteiger partial charge in [0.2, 0.25) is 0 Å². The fourth-order valence-corrected chi connectivity index (χ4v) is 1.89. The highest BCUT2D eigenvalue weighted by Crippen LogP contribution is 2.14. The van der Waals surface area contributed by atoms with Gasteiger partial charge in [-0.1, -0.05) is 5.16 Å². The molecule has 0 spiro atoms. The predicted octanol–water partition coefficient (Wildman–Crippen LogP) is 0.744. The number of rotatable bonds is 6. The molecular weight excluding hydrogens is 274 g/mol. The van der Waals surface area contributed by atoms with E-state index in [0.29, 0.717) is 12.1 Å². The van der Waals surface area contributed by atoms with E-state index < -0.39 is 0 Å². The van der Waals surface area contributed by atoms with Gasteiger partial charge >= 0.3 is 0 Å². The molecule has 0 aliphatic rings. The van der Waals surface area contributed by atoms with Crippen LogP contribution in [-0.4, -0.2) is 29.3 Å². The number of carbonyl (C=O) groups excluding carboxylic acids is 1. The highest BCUT2D eigenvalue weighted by Gasteiger charge is 2.13. The molecule has 0 saturated heterocycles. The highest BCUT2D eigenvalue weighted by atomic mass is 16.5. The van der Waals surface area contributed by atoms with E-state index in [4.69, 9.17) is 9.26 Å². The minimum atomic E-state index is -0.271. The van der Waals surface area contributed by atoms with Gasteiger partial charge in [0.05, 0.1) is 18.9 Å². The van der Waals surface area contributed by atoms with E-state index >= 15 is 0 Å². The number of aromatic nitrogens is 2. The number of ether oxygens (including phenoxy) is 1. The number of pyridine rings is 1. The fourth-order valence-electron chi connectivity index (χ4n) is 1.89. The maximum absolute atomic E-state index is 12.1. The first kappa shape index (κ1) is 14.8. The standard InChI is InChI=1S/C14H17N3O4/c1-17-8-11(12(20-2)6-13(17)18)14(19)15-5-3-4-10-7-16-21-9-10/h6-9H,3-5H2,1-2H3,(H,15,19). The van der Waals surface area contributed by atoms with E-state index in [9.17, 15) is 9.59 Å². The number of hydrogen-bond acceptors (Lipinski definition) is 5. The molecular formula is C14H17N3O4. The van der Waals surface area contributed by atoms with Gasteiger partial charge in [-0.25, -0.2) is 0 Å². The number of carbonyl (C=O) groups is 1. The van der Waals surface area contributed by atoms with Crippen molar-refractivity contribution in [2.24, 2.45) is 7.05 Å². The number of nitrogens with zero attached hydrogens (tertiary/aromatic N) is 2. The Morgan fingerprint density at radius 3 is 3.00 bits per heavy atom. The van der Waals surface area contributed by atoms with E-state index in [1.54, 1.807) is 19.5 Å². The summed E-state index contributed by atoms with van der Waals surface area (Å²) in [7, 11) is 3.02. The number of hydrogen-bond donors (Lipinski definition) is 1. The zero-order valence-electron chi connectivity index (χ0n) is 12.0. The van der Waals surface area contributed by atoms with Gasteiger partial charge in [-0.3, -0.25) is 9.59 Å². The van der Waals surface area contributed by atoms with Gasteiger partial charge in [0.25, 0.3) is 11.5 Å². The number of nitrogens with one attached hydrogen (secondary N) is 1. The van der Waals surface area contributed by atoms with Gasteiger partial charge in [-0.15, -0.1) is 0 Å². The van der Waals surface area contributed by atoms with E-state index in [1.165, 1.54) is 23.9 Å². The highest BCUT2D eigenvalue weighted by molar-refractivity contribution is 5.96. The van der Waals surface area contributed by atoms with Gasteiger partial charge in [0.1, 0.15) is 12.0 Å². The molecule has 7 heteroatoms. The summed E-state index contributed by atoms with van der Waals surface area (Å²) >= 11 is 0. The molecule has 7 nitrogen and oxygen atoms in total. The molecule has 2 heterocycles. The first-order valence-electron chi connectivity index (χ1n) is 6.53. The summed E-state index contributed by atoms with van der Waals surface area (Å²) in [4.78, 5) is 23.6. The molecule has 0 fully saturated rings. The lowest BCUT2D eigenvalue weighted by molar-refractivity contribution is 0.0949. The molecule has 112 valence electrons. The second-order valence-corrected chi connectivity index (χ2v) is 4.60. The maximum Gasteiger partial charge on any atom is 0.256 e. The SMILES string of the molecule is COc1cc(=O)n(C)cc1C(=O)NCCCc1cnoc1. The van der Waals surface area contributed by atoms with E-state index in [1.807, 2.05) is 0 Å². The van der Waals surface area contributed by atoms with Crippen LogP contribution in [0.15, 0.2) is 34.0 Å². The summed E-state index contributed by atoms with van der Waals surface area (Å²) in [6.45, 7) is 0.510. The maximum atomic E-state index is 12.1. The lowest BCUT2D eigenvalue weighted by Gasteiger charge is -2.10. The largest absolute Gasteiger partial charge is 0.496 e. The summed E-state index contributed by atoms with van der Waals surface area (Å²) in [6, 6.07) is 1.30. The van der Waals surface area contributed by atoms with Gasteiger partial charge < -0.3 is 19.1 Å². The van der Waals surface area contributed by atoms with Gasteiger partial charge in [-0.05, 0) is 12.8 Å². The molecule has 2 aromatic heterocycles. The van der Waals surface area contributed by atoms with Crippen LogP contribution < -0.4 is 15.6 Å². The molecule has 0 bridgehead atoms. The molecule has 1 N–H and O–H groups in total. The van der Waals surface area contributed by atoms with Crippen LogP contribution in [0.3, 0.4) is 0 Å². The third kappa shape index (κ3) is 3.71. The monoisotopic (exact) mass is 291 g/mol. The van der Waals surface area contributed by atoms with Crippen molar-refractivity contribution in [2.75, 3.05) is 13.7 Å². The van der Waals surface area contributed by atoms with E-state index in [2.05, 4.69) is 10.5 Å². The topological polar surface area (TPSA) is 86.4 Å². The van der Waals surface area contributed by atoms with Crippen LogP contribution in [-0.2, 0) is 13.5 Å². The lowest BCUT2D eigenvalue weighted by Crippen LogP contribution is -2.27. The molecule has 2 aromatic rings. The third-order valence-electron chi connectivity index (χ3n) is 3.07. The minimum Gasteiger partial charge on any atom is -0.496 e. The van der Waals surface area contributed by atoms with Gasteiger partial charge in [-0.2, -0.15) is 0 Å². The Balaban J connectivity index is 1.94. The van der Waals surface area contributed by atoms with Crippen molar-refractivity contribution < 1.29 is 14.1 Å². The Hall–Kier alpha value is -2.57. The second-order valence-electron chi connectivity index (χ2n) is 4.60. The zero-order valence-corrected chi connectivity index (χ0v) is 12.0. The van der Waals surface area contributed by atoms with Crippen LogP contribution in [0.1, 0.15) is 22.3 Å². The molecule has 0 saturated carbocycles. The van der Waals surface area contributed by atoms with Crippen LogP contribution in [0.25, 0.3) is 0 Å². The van der Waals surface area contributed by atoms with Crippen LogP contribution in [0, 0.1) is 0 Å². The molecule has 0 atom stereocenters. The Kier molecular flexibility index (Phi) is 4.76. The summed E-state index contributed by atoms with van der Waals surface area (Å²) in [5.74, 6) is 0.00223. The molecule has 0 aliphatic heterocycles. The summed E-state index contributed by atoms with van der Waals surface area (Å²) in [5.41, 5.74) is 1.10. The van der Waals surface area contributed by atoms with Crippen LogP contribution in [0.4, 0.5) is 0 Å². The average Bonchev–Trinajstić information content (AvgIpc) is 2.99. The van der Waals surface area contributed by atoms with Crippen molar-refractivity contribution in [1.29, 1.82) is 0 Å². The summed E-state index contributed by atoms with van der Waals surface area (Å²) in [5, 5.41) is 6.41. The molecule has 0 unspecified atom stereocenters. The van der Waals surface area contributed by atoms with Crippen LogP contribution in [0.5, 0.6) is 5.75 Å². The lowest BCUT2D eigenvalue weighted by atomic mass is 10.2. The molecule has 0 radical (unpaired) electrons. The Morgan fingerprint density at radius 1 is 1.52 bits per heavy atom. The first-order chi connectivity index (χ1) is 10.1.